The van der Waals surface area contributed by atoms with Crippen molar-refractivity contribution in [1.29, 1.82) is 0 Å². The summed E-state index contributed by atoms with van der Waals surface area (Å²) in [6.45, 7) is 6.75. The maximum absolute atomic E-state index is 6.61. The Labute approximate surface area is 178 Å². The third-order valence-electron chi connectivity index (χ3n) is 6.42. The van der Waals surface area contributed by atoms with Gasteiger partial charge >= 0.3 is 0 Å². The van der Waals surface area contributed by atoms with Crippen molar-refractivity contribution < 1.29 is 0 Å². The van der Waals surface area contributed by atoms with Crippen LogP contribution in [0.25, 0.3) is 0 Å². The van der Waals surface area contributed by atoms with E-state index in [-0.39, 0.29) is 5.41 Å². The first kappa shape index (κ1) is 19.0. The Morgan fingerprint density at radius 2 is 1.62 bits per heavy atom. The second kappa shape index (κ2) is 6.80. The molecule has 29 heavy (non-hydrogen) atoms. The van der Waals surface area contributed by atoms with Crippen LogP contribution >= 0.6 is 6.34 Å². The molecule has 6 heteroatoms. The molecule has 3 aliphatic heterocycles. The third-order valence-corrected chi connectivity index (χ3v) is 11.1. The lowest BCUT2D eigenvalue weighted by atomic mass is 9.84. The van der Waals surface area contributed by atoms with E-state index >= 15 is 0 Å². The highest BCUT2D eigenvalue weighted by Gasteiger charge is 2.48. The van der Waals surface area contributed by atoms with E-state index in [2.05, 4.69) is 90.0 Å². The van der Waals surface area contributed by atoms with Gasteiger partial charge in [-0.1, -0.05) is 62.1 Å². The molecule has 0 saturated carbocycles. The normalized spacial score (nSPS) is 28.4. The van der Waals surface area contributed by atoms with Crippen LogP contribution < -0.4 is 9.68 Å². The van der Waals surface area contributed by atoms with Gasteiger partial charge in [0.2, 0.25) is 0 Å². The molecule has 2 aromatic carbocycles. The lowest BCUT2D eigenvalue weighted by Gasteiger charge is -2.38. The smallest absolute Gasteiger partial charge is 0.154 e. The predicted octanol–water partition coefficient (Wildman–Crippen LogP) is 5.54. The van der Waals surface area contributed by atoms with Gasteiger partial charge in [-0.2, -0.15) is 5.10 Å². The molecule has 0 bridgehead atoms. The van der Waals surface area contributed by atoms with Crippen LogP contribution in [0.5, 0.6) is 0 Å². The molecule has 3 aliphatic rings. The summed E-state index contributed by atoms with van der Waals surface area (Å²) >= 11 is 6.61. The van der Waals surface area contributed by atoms with E-state index in [1.807, 2.05) is 6.07 Å². The van der Waals surface area contributed by atoms with Crippen LogP contribution in [0.4, 0.5) is 11.4 Å². The Morgan fingerprint density at radius 3 is 2.31 bits per heavy atom. The first-order chi connectivity index (χ1) is 14.0. The molecule has 0 radical (unpaired) electrons. The molecular weight excluding hydrogens is 395 g/mol. The fourth-order valence-electron chi connectivity index (χ4n) is 5.04. The molecule has 0 spiro atoms. The number of benzene rings is 2. The van der Waals surface area contributed by atoms with E-state index in [9.17, 15) is 0 Å². The van der Waals surface area contributed by atoms with Crippen molar-refractivity contribution in [2.24, 2.45) is 5.10 Å². The van der Waals surface area contributed by atoms with Crippen LogP contribution in [-0.4, -0.2) is 31.0 Å². The summed E-state index contributed by atoms with van der Waals surface area (Å²) in [4.78, 5) is 2.35. The predicted molar refractivity (Wildman–Crippen MR) is 127 cm³/mol. The standard InChI is InChI=1S/C23H27N4PS/c1-23(2)19-13-7-8-14-20(19)25(3)22(23)21-17-24-27(18-11-5-4-6-12-18)28(21,29)26-15-9-10-16-26/h4-8,11-14,17H,9-10,15-16H2,1-3H3/b22-21-/t28-/m0/s1. The summed E-state index contributed by atoms with van der Waals surface area (Å²) in [5, 5.41) is 6.16. The summed E-state index contributed by atoms with van der Waals surface area (Å²) in [7, 11) is 2.18. The number of nitrogens with zero attached hydrogens (tertiary/aromatic N) is 4. The Hall–Kier alpha value is -1.94. The Morgan fingerprint density at radius 1 is 0.966 bits per heavy atom. The largest absolute Gasteiger partial charge is 0.346 e. The zero-order valence-corrected chi connectivity index (χ0v) is 19.0. The van der Waals surface area contributed by atoms with Crippen LogP contribution in [0.2, 0.25) is 0 Å². The molecule has 5 rings (SSSR count). The van der Waals surface area contributed by atoms with E-state index < -0.39 is 6.34 Å². The van der Waals surface area contributed by atoms with Crippen LogP contribution in [0, 0.1) is 0 Å². The molecule has 1 fully saturated rings. The van der Waals surface area contributed by atoms with E-state index in [1.54, 1.807) is 0 Å². The SMILES string of the molecule is CN1/C(=C2/C=NN(c3ccccc3)[P@@]2(=S)N2CCCC2)C(C)(C)c2ccccc21. The Balaban J connectivity index is 1.73. The van der Waals surface area contributed by atoms with Gasteiger partial charge in [-0.3, -0.25) is 4.67 Å². The molecular formula is C23H27N4PS. The van der Waals surface area contributed by atoms with Crippen LogP contribution in [0.15, 0.2) is 70.7 Å². The molecule has 2 aromatic rings. The highest BCUT2D eigenvalue weighted by Crippen LogP contribution is 2.68. The van der Waals surface area contributed by atoms with Crippen molar-refractivity contribution in [2.75, 3.05) is 29.8 Å². The zero-order valence-electron chi connectivity index (χ0n) is 17.2. The third kappa shape index (κ3) is 2.68. The zero-order chi connectivity index (χ0) is 20.2. The maximum atomic E-state index is 6.61. The topological polar surface area (TPSA) is 22.1 Å². The van der Waals surface area contributed by atoms with Crippen LogP contribution in [0.3, 0.4) is 0 Å². The number of anilines is 2. The highest BCUT2D eigenvalue weighted by atomic mass is 32.4. The van der Waals surface area contributed by atoms with Gasteiger partial charge in [0, 0.05) is 36.9 Å². The summed E-state index contributed by atoms with van der Waals surface area (Å²) in [5.74, 6) is 0. The lowest BCUT2D eigenvalue weighted by Crippen LogP contribution is -2.30. The minimum atomic E-state index is -2.24. The van der Waals surface area contributed by atoms with Crippen molar-refractivity contribution in [3.63, 3.8) is 0 Å². The second-order valence-electron chi connectivity index (χ2n) is 8.51. The molecule has 0 unspecified atom stereocenters. The number of para-hydroxylation sites is 2. The molecule has 150 valence electrons. The first-order valence-electron chi connectivity index (χ1n) is 10.3. The summed E-state index contributed by atoms with van der Waals surface area (Å²) in [6, 6.07) is 19.2. The maximum Gasteiger partial charge on any atom is 0.154 e. The average molecular weight is 423 g/mol. The molecule has 1 atom stereocenters. The highest BCUT2D eigenvalue weighted by molar-refractivity contribution is 8.16. The minimum absolute atomic E-state index is 0.108. The molecule has 0 amide bonds. The summed E-state index contributed by atoms with van der Waals surface area (Å²) in [5.41, 5.74) is 4.92. The van der Waals surface area contributed by atoms with Gasteiger partial charge in [-0.25, -0.2) is 4.78 Å². The number of likely N-dealkylation sites (N-methyl/N-ethyl adjacent to an activating group) is 1. The lowest BCUT2D eigenvalue weighted by molar-refractivity contribution is 0.563. The number of fused-ring (bicyclic) bond motifs is 1. The first-order valence-corrected chi connectivity index (χ1v) is 13.0. The second-order valence-corrected chi connectivity index (χ2v) is 12.6. The number of allylic oxidation sites excluding steroid dienone is 2. The Kier molecular flexibility index (Phi) is 4.47. The van der Waals surface area contributed by atoms with Crippen molar-refractivity contribution in [3.05, 3.63) is 71.2 Å². The number of rotatable bonds is 2. The van der Waals surface area contributed by atoms with E-state index in [0.29, 0.717) is 0 Å². The van der Waals surface area contributed by atoms with Gasteiger partial charge in [0.05, 0.1) is 17.2 Å². The fraction of sp³-hybridized carbons (Fsp3) is 0.348. The van der Waals surface area contributed by atoms with Gasteiger partial charge in [0.25, 0.3) is 0 Å². The number of hydrogen-bond acceptors (Lipinski definition) is 3. The molecule has 3 heterocycles. The van der Waals surface area contributed by atoms with Gasteiger partial charge in [0.15, 0.2) is 6.34 Å². The quantitative estimate of drug-likeness (QED) is 0.593. The van der Waals surface area contributed by atoms with E-state index in [4.69, 9.17) is 16.9 Å². The van der Waals surface area contributed by atoms with Gasteiger partial charge in [0.1, 0.15) is 0 Å². The van der Waals surface area contributed by atoms with Gasteiger partial charge in [-0.15, -0.1) is 0 Å². The van der Waals surface area contributed by atoms with Crippen LogP contribution in [0.1, 0.15) is 32.3 Å². The van der Waals surface area contributed by atoms with Crippen molar-refractivity contribution >= 4 is 35.7 Å². The monoisotopic (exact) mass is 422 g/mol. The number of hydrogen-bond donors (Lipinski definition) is 0. The van der Waals surface area contributed by atoms with E-state index in [0.717, 1.165) is 18.8 Å². The van der Waals surface area contributed by atoms with Gasteiger partial charge in [-0.05, 0) is 36.6 Å². The van der Waals surface area contributed by atoms with Crippen LogP contribution in [-0.2, 0) is 17.2 Å². The molecule has 1 saturated heterocycles. The van der Waals surface area contributed by atoms with Crippen molar-refractivity contribution in [1.82, 2.24) is 4.67 Å². The molecule has 4 nitrogen and oxygen atoms in total. The Bertz CT molecular complexity index is 1050. The summed E-state index contributed by atoms with van der Waals surface area (Å²) in [6.07, 6.45) is 2.24. The number of hydrazone groups is 1. The summed E-state index contributed by atoms with van der Waals surface area (Å²) < 4.78 is 4.69. The average Bonchev–Trinajstić information content (AvgIpc) is 3.42. The molecule has 0 N–H and O–H groups in total. The van der Waals surface area contributed by atoms with E-state index in [1.165, 1.54) is 35.1 Å². The molecule has 0 aromatic heterocycles. The fourth-order valence-corrected chi connectivity index (χ4v) is 9.46. The minimum Gasteiger partial charge on any atom is -0.346 e. The van der Waals surface area contributed by atoms with Crippen molar-refractivity contribution in [3.8, 4) is 0 Å². The molecule has 0 aliphatic carbocycles. The van der Waals surface area contributed by atoms with Gasteiger partial charge < -0.3 is 4.90 Å². The van der Waals surface area contributed by atoms with Crippen molar-refractivity contribution in [2.45, 2.75) is 32.1 Å².